The van der Waals surface area contributed by atoms with E-state index in [1.807, 2.05) is 11.3 Å². The average molecular weight is 837 g/mol. The number of para-hydroxylation sites is 2. The minimum atomic E-state index is 0.0582. The summed E-state index contributed by atoms with van der Waals surface area (Å²) in [6.07, 6.45) is 4.75. The van der Waals surface area contributed by atoms with E-state index in [0.717, 1.165) is 24.0 Å². The number of fused-ring (bicyclic) bond motifs is 15. The van der Waals surface area contributed by atoms with E-state index in [1.165, 1.54) is 134 Å². The van der Waals surface area contributed by atoms with Crippen molar-refractivity contribution in [3.8, 4) is 11.1 Å². The maximum absolute atomic E-state index is 6.99. The second kappa shape index (κ2) is 12.5. The highest BCUT2D eigenvalue weighted by molar-refractivity contribution is 7.29. The Morgan fingerprint density at radius 2 is 1.21 bits per heavy atom. The van der Waals surface area contributed by atoms with E-state index >= 15 is 0 Å². The van der Waals surface area contributed by atoms with Gasteiger partial charge in [0.2, 0.25) is 7.28 Å². The molecule has 0 atom stereocenters. The number of hydrogen-bond donors (Lipinski definition) is 1. The summed E-state index contributed by atoms with van der Waals surface area (Å²) in [6.45, 7) is 19.6. The zero-order chi connectivity index (χ0) is 42.9. The largest absolute Gasteiger partial charge is 0.456 e. The van der Waals surface area contributed by atoms with Gasteiger partial charge in [0, 0.05) is 43.0 Å². The molecular weight excluding hydrogens is 784 g/mol. The zero-order valence-corrected chi connectivity index (χ0v) is 38.6. The third-order valence-electron chi connectivity index (χ3n) is 16.1. The minimum absolute atomic E-state index is 0.0582. The average Bonchev–Trinajstić information content (AvgIpc) is 3.96. The molecule has 4 heterocycles. The van der Waals surface area contributed by atoms with Gasteiger partial charge in [0.25, 0.3) is 0 Å². The summed E-state index contributed by atoms with van der Waals surface area (Å²) in [5.74, 6) is 0. The number of anilines is 3. The molecular formula is C58H53BN2OS. The lowest BCUT2D eigenvalue weighted by atomic mass is 9.61. The molecule has 13 rings (SSSR count). The molecule has 0 unspecified atom stereocenters. The fraction of sp³-hybridized carbons (Fsp3) is 0.276. The number of hydrogen-bond acceptors (Lipinski definition) is 3. The van der Waals surface area contributed by atoms with Crippen LogP contribution in [0.2, 0.25) is 0 Å². The standard InChI is InChI=1S/C58H53BN2OS/c1-55(2)24-25-56(3,4)41-28-33(21-22-40(41)55)61-52-39-29-42-43(58(7,8)27-26-57(42,5)6)31-47(39)63-54(52)59-50-38(30-46-49(53(50)61)36-16-11-12-19-45(36)62-46)35-17-13-18-37-48-34-15-10-9-14-32(34)20-23-44(48)60-51(35)37/h9-23,28-31,59-60H,24-27H2,1-8H3. The zero-order valence-electron chi connectivity index (χ0n) is 37.8. The van der Waals surface area contributed by atoms with Crippen LogP contribution in [-0.2, 0) is 21.7 Å². The van der Waals surface area contributed by atoms with E-state index in [2.05, 4.69) is 181 Å². The molecule has 3 nitrogen and oxygen atoms in total. The SMILES string of the molecule is CC1(C)CCC(C)(C)c2cc(N3c4c(sc5cc6c(cc45)C(C)(C)CCC6(C)C)Bc4c(-c5cccc6c5[nH]c5ccc7ccccc7c56)cc5oc6ccccc6c5c43)ccc21. The molecule has 0 amide bonds. The third kappa shape index (κ3) is 5.20. The molecule has 1 aliphatic heterocycles. The second-order valence-corrected chi connectivity index (χ2v) is 23.0. The second-order valence-electron chi connectivity index (χ2n) is 21.8. The Labute approximate surface area is 374 Å². The van der Waals surface area contributed by atoms with Crippen molar-refractivity contribution in [3.05, 3.63) is 138 Å². The van der Waals surface area contributed by atoms with E-state index < -0.39 is 0 Å². The maximum atomic E-state index is 6.99. The summed E-state index contributed by atoms with van der Waals surface area (Å²) < 4.78 is 9.81. The van der Waals surface area contributed by atoms with Gasteiger partial charge < -0.3 is 14.3 Å². The first-order valence-corrected chi connectivity index (χ1v) is 24.0. The van der Waals surface area contributed by atoms with Crippen LogP contribution in [0.1, 0.15) is 103 Å². The number of aromatic amines is 1. The van der Waals surface area contributed by atoms with Gasteiger partial charge in [0.15, 0.2) is 0 Å². The van der Waals surface area contributed by atoms with Gasteiger partial charge >= 0.3 is 0 Å². The Morgan fingerprint density at radius 3 is 1.98 bits per heavy atom. The number of nitrogens with zero attached hydrogens (tertiary/aromatic N) is 1. The molecule has 0 bridgehead atoms. The Hall–Kier alpha value is -5.78. The van der Waals surface area contributed by atoms with Gasteiger partial charge in [0.1, 0.15) is 11.2 Å². The molecule has 10 aromatic rings. The maximum Gasteiger partial charge on any atom is 0.211 e. The molecule has 5 heteroatoms. The molecule has 310 valence electrons. The fourth-order valence-corrected chi connectivity index (χ4v) is 13.5. The molecule has 1 N–H and O–H groups in total. The summed E-state index contributed by atoms with van der Waals surface area (Å²) in [5, 5.41) is 8.81. The van der Waals surface area contributed by atoms with Gasteiger partial charge in [-0.05, 0) is 139 Å². The number of H-pyrrole nitrogens is 1. The van der Waals surface area contributed by atoms with Crippen molar-refractivity contribution < 1.29 is 4.42 Å². The predicted molar refractivity (Wildman–Crippen MR) is 273 cm³/mol. The van der Waals surface area contributed by atoms with Crippen molar-refractivity contribution in [1.29, 1.82) is 0 Å². The summed E-state index contributed by atoms with van der Waals surface area (Å²) in [6, 6.07) is 43.9. The molecule has 0 saturated heterocycles. The monoisotopic (exact) mass is 836 g/mol. The van der Waals surface area contributed by atoms with Crippen LogP contribution < -0.4 is 15.1 Å². The Bertz CT molecular complexity index is 3630. The minimum Gasteiger partial charge on any atom is -0.456 e. The van der Waals surface area contributed by atoms with Crippen LogP contribution in [0, 0.1) is 0 Å². The van der Waals surface area contributed by atoms with Crippen molar-refractivity contribution in [2.45, 2.75) is 103 Å². The molecule has 0 radical (unpaired) electrons. The molecule has 0 spiro atoms. The summed E-state index contributed by atoms with van der Waals surface area (Å²) >= 11 is 2.01. The molecule has 0 saturated carbocycles. The molecule has 0 fully saturated rings. The lowest BCUT2D eigenvalue weighted by molar-refractivity contribution is 0.332. The quantitative estimate of drug-likeness (QED) is 0.176. The number of benzene rings is 7. The number of thiophene rings is 1. The number of furan rings is 1. The molecule has 63 heavy (non-hydrogen) atoms. The van der Waals surface area contributed by atoms with Crippen molar-refractivity contribution in [3.63, 3.8) is 0 Å². The van der Waals surface area contributed by atoms with Gasteiger partial charge in [-0.25, -0.2) is 0 Å². The molecule has 3 aliphatic rings. The highest BCUT2D eigenvalue weighted by atomic mass is 32.1. The van der Waals surface area contributed by atoms with E-state index in [1.54, 1.807) is 0 Å². The Morgan fingerprint density at radius 1 is 0.540 bits per heavy atom. The first-order chi connectivity index (χ1) is 30.2. The van der Waals surface area contributed by atoms with Crippen LogP contribution in [0.15, 0.2) is 120 Å². The highest BCUT2D eigenvalue weighted by Gasteiger charge is 2.42. The highest BCUT2D eigenvalue weighted by Crippen LogP contribution is 2.54. The summed E-state index contributed by atoms with van der Waals surface area (Å²) in [5.41, 5.74) is 18.2. The first kappa shape index (κ1) is 37.8. The molecule has 7 aromatic carbocycles. The van der Waals surface area contributed by atoms with Gasteiger partial charge in [-0.1, -0.05) is 128 Å². The van der Waals surface area contributed by atoms with Gasteiger partial charge in [0.05, 0.1) is 22.3 Å². The Kier molecular flexibility index (Phi) is 7.48. The van der Waals surface area contributed by atoms with Crippen molar-refractivity contribution in [1.82, 2.24) is 4.98 Å². The van der Waals surface area contributed by atoms with E-state index in [4.69, 9.17) is 4.42 Å². The number of rotatable bonds is 2. The van der Waals surface area contributed by atoms with Crippen molar-refractivity contribution in [2.24, 2.45) is 0 Å². The summed E-state index contributed by atoms with van der Waals surface area (Å²) in [7, 11) is 0.839. The van der Waals surface area contributed by atoms with Crippen LogP contribution >= 0.6 is 11.3 Å². The molecule has 3 aromatic heterocycles. The van der Waals surface area contributed by atoms with Crippen LogP contribution in [0.4, 0.5) is 17.1 Å². The number of nitrogens with one attached hydrogen (secondary N) is 1. The lowest BCUT2D eigenvalue weighted by Gasteiger charge is -2.43. The van der Waals surface area contributed by atoms with Crippen LogP contribution in [-0.4, -0.2) is 12.3 Å². The van der Waals surface area contributed by atoms with E-state index in [9.17, 15) is 0 Å². The van der Waals surface area contributed by atoms with Crippen molar-refractivity contribution in [2.75, 3.05) is 4.90 Å². The summed E-state index contributed by atoms with van der Waals surface area (Å²) in [4.78, 5) is 6.66. The van der Waals surface area contributed by atoms with Crippen LogP contribution in [0.3, 0.4) is 0 Å². The lowest BCUT2D eigenvalue weighted by Crippen LogP contribution is -2.40. The molecule has 2 aliphatic carbocycles. The predicted octanol–water partition coefficient (Wildman–Crippen LogP) is 15.1. The Balaban J connectivity index is 1.17. The third-order valence-corrected chi connectivity index (χ3v) is 17.3. The van der Waals surface area contributed by atoms with Crippen molar-refractivity contribution >= 4 is 111 Å². The van der Waals surface area contributed by atoms with Crippen LogP contribution in [0.5, 0.6) is 0 Å². The van der Waals surface area contributed by atoms with Gasteiger partial charge in [-0.3, -0.25) is 0 Å². The van der Waals surface area contributed by atoms with E-state index in [0.29, 0.717) is 0 Å². The fourth-order valence-electron chi connectivity index (χ4n) is 12.3. The topological polar surface area (TPSA) is 32.2 Å². The van der Waals surface area contributed by atoms with E-state index in [-0.39, 0.29) is 21.7 Å². The smallest absolute Gasteiger partial charge is 0.211 e. The first-order valence-electron chi connectivity index (χ1n) is 23.1. The number of aromatic nitrogens is 1. The normalized spacial score (nSPS) is 18.2. The van der Waals surface area contributed by atoms with Crippen LogP contribution in [0.25, 0.3) is 75.7 Å². The van der Waals surface area contributed by atoms with Gasteiger partial charge in [-0.15, -0.1) is 11.3 Å². The van der Waals surface area contributed by atoms with Gasteiger partial charge in [-0.2, -0.15) is 0 Å².